The number of carbonyl (C=O) groups excluding carboxylic acids is 1. The number of esters is 1. The zero-order chi connectivity index (χ0) is 9.14. The van der Waals surface area contributed by atoms with Gasteiger partial charge in [-0.2, -0.15) is 0 Å². The van der Waals surface area contributed by atoms with E-state index in [1.165, 1.54) is 7.11 Å². The van der Waals surface area contributed by atoms with E-state index in [-0.39, 0.29) is 0 Å². The number of ether oxygens (including phenoxy) is 1. The third-order valence-corrected chi connectivity index (χ3v) is 2.10. The summed E-state index contributed by atoms with van der Waals surface area (Å²) in [4.78, 5) is 11.1. The number of benzene rings is 1. The number of hydrogen-bond acceptors (Lipinski definition) is 3. The maximum absolute atomic E-state index is 11.1. The average Bonchev–Trinajstić information content (AvgIpc) is 2.03. The van der Waals surface area contributed by atoms with E-state index < -0.39 is 5.97 Å². The first-order chi connectivity index (χ1) is 5.66. The highest BCUT2D eigenvalue weighted by Gasteiger charge is 2.12. The molecular weight excluding hydrogens is 222 g/mol. The van der Waals surface area contributed by atoms with Gasteiger partial charge in [-0.3, -0.25) is 0 Å². The fourth-order valence-electron chi connectivity index (χ4n) is 0.858. The van der Waals surface area contributed by atoms with Gasteiger partial charge < -0.3 is 10.5 Å². The minimum Gasteiger partial charge on any atom is -0.465 e. The van der Waals surface area contributed by atoms with E-state index in [1.54, 1.807) is 18.2 Å². The van der Waals surface area contributed by atoms with E-state index in [9.17, 15) is 4.79 Å². The van der Waals surface area contributed by atoms with Crippen LogP contribution in [-0.2, 0) is 4.74 Å². The molecule has 2 N–H and O–H groups in total. The second kappa shape index (κ2) is 3.58. The minimum atomic E-state index is -0.431. The third-order valence-electron chi connectivity index (χ3n) is 1.44. The lowest BCUT2D eigenvalue weighted by Crippen LogP contribution is -2.06. The van der Waals surface area contributed by atoms with Crippen molar-refractivity contribution in [3.63, 3.8) is 0 Å². The molecule has 0 radical (unpaired) electrons. The molecule has 4 heteroatoms. The monoisotopic (exact) mass is 229 g/mol. The Kier molecular flexibility index (Phi) is 2.70. The molecule has 1 aromatic carbocycles. The van der Waals surface area contributed by atoms with Crippen LogP contribution in [0.25, 0.3) is 0 Å². The van der Waals surface area contributed by atoms with Crippen molar-refractivity contribution >= 4 is 27.6 Å². The minimum absolute atomic E-state index is 0.375. The van der Waals surface area contributed by atoms with Crippen LogP contribution < -0.4 is 5.73 Å². The molecule has 64 valence electrons. The lowest BCUT2D eigenvalue weighted by atomic mass is 10.2. The normalized spacial score (nSPS) is 9.50. The quantitative estimate of drug-likeness (QED) is 0.591. The first-order valence-corrected chi connectivity index (χ1v) is 4.08. The number of halogens is 1. The first-order valence-electron chi connectivity index (χ1n) is 3.29. The highest BCUT2D eigenvalue weighted by atomic mass is 79.9. The average molecular weight is 230 g/mol. The van der Waals surface area contributed by atoms with E-state index in [0.717, 1.165) is 0 Å². The van der Waals surface area contributed by atoms with Crippen molar-refractivity contribution in [3.8, 4) is 0 Å². The molecule has 1 aromatic rings. The molecule has 0 aromatic heterocycles. The van der Waals surface area contributed by atoms with Gasteiger partial charge >= 0.3 is 5.97 Å². The molecule has 0 saturated heterocycles. The van der Waals surface area contributed by atoms with Crippen molar-refractivity contribution in [2.75, 3.05) is 12.8 Å². The number of anilines is 1. The molecule has 0 aliphatic carbocycles. The van der Waals surface area contributed by atoms with E-state index >= 15 is 0 Å². The van der Waals surface area contributed by atoms with E-state index in [0.29, 0.717) is 15.7 Å². The predicted octanol–water partition coefficient (Wildman–Crippen LogP) is 1.82. The van der Waals surface area contributed by atoms with Crippen LogP contribution in [0.3, 0.4) is 0 Å². The van der Waals surface area contributed by atoms with Crippen LogP contribution in [0.4, 0.5) is 5.69 Å². The Balaban J connectivity index is 3.21. The van der Waals surface area contributed by atoms with Crippen molar-refractivity contribution < 1.29 is 9.53 Å². The summed E-state index contributed by atoms with van der Waals surface area (Å²) in [6.07, 6.45) is 0. The van der Waals surface area contributed by atoms with Crippen LogP contribution in [0, 0.1) is 0 Å². The van der Waals surface area contributed by atoms with Crippen molar-refractivity contribution in [2.24, 2.45) is 0 Å². The lowest BCUT2D eigenvalue weighted by Gasteiger charge is -2.04. The summed E-state index contributed by atoms with van der Waals surface area (Å²) in [5.74, 6) is -0.431. The summed E-state index contributed by atoms with van der Waals surface area (Å²) in [6, 6.07) is 5.14. The number of hydrogen-bond donors (Lipinski definition) is 1. The summed E-state index contributed by atoms with van der Waals surface area (Å²) in [5.41, 5.74) is 6.36. The van der Waals surface area contributed by atoms with Gasteiger partial charge in [-0.15, -0.1) is 0 Å². The Bertz CT molecular complexity index is 292. The number of methoxy groups -OCH3 is 1. The Morgan fingerprint density at radius 2 is 2.25 bits per heavy atom. The number of nitrogen functional groups attached to an aromatic ring is 1. The predicted molar refractivity (Wildman–Crippen MR) is 49.9 cm³/mol. The molecule has 0 atom stereocenters. The maximum Gasteiger partial charge on any atom is 0.341 e. The van der Waals surface area contributed by atoms with Gasteiger partial charge in [-0.05, 0) is 28.1 Å². The summed E-state index contributed by atoms with van der Waals surface area (Å²) in [5, 5.41) is 0. The molecule has 0 heterocycles. The number of rotatable bonds is 1. The SMILES string of the molecule is COC(=O)c1c(N)cccc1Br. The summed E-state index contributed by atoms with van der Waals surface area (Å²) < 4.78 is 5.20. The maximum atomic E-state index is 11.1. The van der Waals surface area contributed by atoms with Gasteiger partial charge in [-0.25, -0.2) is 4.79 Å². The summed E-state index contributed by atoms with van der Waals surface area (Å²) in [7, 11) is 1.32. The number of carbonyl (C=O) groups is 1. The molecule has 0 saturated carbocycles. The van der Waals surface area contributed by atoms with Crippen LogP contribution >= 0.6 is 15.9 Å². The van der Waals surface area contributed by atoms with Crippen LogP contribution in [0.1, 0.15) is 10.4 Å². The fraction of sp³-hybridized carbons (Fsp3) is 0.125. The Morgan fingerprint density at radius 3 is 2.75 bits per heavy atom. The van der Waals surface area contributed by atoms with Crippen molar-refractivity contribution in [2.45, 2.75) is 0 Å². The van der Waals surface area contributed by atoms with Gasteiger partial charge in [0.1, 0.15) is 0 Å². The molecule has 0 spiro atoms. The highest BCUT2D eigenvalue weighted by molar-refractivity contribution is 9.10. The highest BCUT2D eigenvalue weighted by Crippen LogP contribution is 2.22. The van der Waals surface area contributed by atoms with Crippen LogP contribution in [0.15, 0.2) is 22.7 Å². The molecule has 0 fully saturated rings. The molecule has 0 aliphatic heterocycles. The van der Waals surface area contributed by atoms with Crippen molar-refractivity contribution in [1.29, 1.82) is 0 Å². The molecule has 12 heavy (non-hydrogen) atoms. The molecule has 0 bridgehead atoms. The van der Waals surface area contributed by atoms with E-state index in [2.05, 4.69) is 20.7 Å². The summed E-state index contributed by atoms with van der Waals surface area (Å²) >= 11 is 3.21. The lowest BCUT2D eigenvalue weighted by molar-refractivity contribution is 0.0601. The smallest absolute Gasteiger partial charge is 0.341 e. The Hall–Kier alpha value is -1.03. The van der Waals surface area contributed by atoms with Gasteiger partial charge in [0.25, 0.3) is 0 Å². The second-order valence-electron chi connectivity index (χ2n) is 2.20. The number of nitrogens with two attached hydrogens (primary N) is 1. The van der Waals surface area contributed by atoms with Crippen molar-refractivity contribution in [3.05, 3.63) is 28.2 Å². The van der Waals surface area contributed by atoms with Crippen LogP contribution in [0.2, 0.25) is 0 Å². The Labute approximate surface area is 78.6 Å². The van der Waals surface area contributed by atoms with Gasteiger partial charge in [-0.1, -0.05) is 6.07 Å². The zero-order valence-electron chi connectivity index (χ0n) is 6.50. The molecule has 0 amide bonds. The molecule has 1 rings (SSSR count). The standard InChI is InChI=1S/C8H8BrNO2/c1-12-8(11)7-5(9)3-2-4-6(7)10/h2-4H,10H2,1H3. The third kappa shape index (κ3) is 1.58. The molecular formula is C8H8BrNO2. The Morgan fingerprint density at radius 1 is 1.58 bits per heavy atom. The molecule has 0 unspecified atom stereocenters. The fourth-order valence-corrected chi connectivity index (χ4v) is 1.40. The molecule has 3 nitrogen and oxygen atoms in total. The van der Waals surface area contributed by atoms with Crippen LogP contribution in [-0.4, -0.2) is 13.1 Å². The topological polar surface area (TPSA) is 52.3 Å². The van der Waals surface area contributed by atoms with Gasteiger partial charge in [0.15, 0.2) is 0 Å². The van der Waals surface area contributed by atoms with Gasteiger partial charge in [0.2, 0.25) is 0 Å². The van der Waals surface area contributed by atoms with E-state index in [1.807, 2.05) is 0 Å². The van der Waals surface area contributed by atoms with Gasteiger partial charge in [0.05, 0.1) is 12.7 Å². The molecule has 0 aliphatic rings. The largest absolute Gasteiger partial charge is 0.465 e. The van der Waals surface area contributed by atoms with Gasteiger partial charge in [0, 0.05) is 10.2 Å². The van der Waals surface area contributed by atoms with Crippen LogP contribution in [0.5, 0.6) is 0 Å². The second-order valence-corrected chi connectivity index (χ2v) is 3.05. The first kappa shape index (κ1) is 9.06. The van der Waals surface area contributed by atoms with E-state index in [4.69, 9.17) is 5.73 Å². The zero-order valence-corrected chi connectivity index (χ0v) is 8.09. The van der Waals surface area contributed by atoms with Crippen molar-refractivity contribution in [1.82, 2.24) is 0 Å². The summed E-state index contributed by atoms with van der Waals surface area (Å²) in [6.45, 7) is 0.